The van der Waals surface area contributed by atoms with Crippen molar-refractivity contribution in [2.24, 2.45) is 5.92 Å². The number of nitrogens with zero attached hydrogens (tertiary/aromatic N) is 1. The zero-order valence-corrected chi connectivity index (χ0v) is 11.2. The Bertz CT molecular complexity index is 552. The van der Waals surface area contributed by atoms with Crippen molar-refractivity contribution >= 4 is 11.9 Å². The number of carboxylic acid groups (broad SMARTS) is 1. The Balaban J connectivity index is 1.99. The van der Waals surface area contributed by atoms with Gasteiger partial charge >= 0.3 is 5.97 Å². The van der Waals surface area contributed by atoms with Gasteiger partial charge in [-0.3, -0.25) is 14.4 Å². The minimum atomic E-state index is -0.805. The fourth-order valence-corrected chi connectivity index (χ4v) is 2.56. The monoisotopic (exact) mass is 278 g/mol. The van der Waals surface area contributed by atoms with Crippen molar-refractivity contribution in [1.82, 2.24) is 9.88 Å². The SMILES string of the molecule is O=C(O)CCC1CCCN(C(=O)c2cccc(=O)[nH]2)C1. The van der Waals surface area contributed by atoms with Crippen LogP contribution in [0.1, 0.15) is 36.2 Å². The predicted molar refractivity (Wildman–Crippen MR) is 72.6 cm³/mol. The maximum absolute atomic E-state index is 12.3. The van der Waals surface area contributed by atoms with Crippen molar-refractivity contribution in [3.05, 3.63) is 34.2 Å². The third-order valence-corrected chi connectivity index (χ3v) is 3.57. The molecule has 1 atom stereocenters. The molecule has 2 N–H and O–H groups in total. The minimum absolute atomic E-state index is 0.134. The summed E-state index contributed by atoms with van der Waals surface area (Å²) in [6, 6.07) is 4.51. The van der Waals surface area contributed by atoms with E-state index in [0.29, 0.717) is 19.5 Å². The third-order valence-electron chi connectivity index (χ3n) is 3.57. The molecule has 20 heavy (non-hydrogen) atoms. The zero-order chi connectivity index (χ0) is 14.5. The number of aromatic amines is 1. The molecule has 6 heteroatoms. The first-order valence-electron chi connectivity index (χ1n) is 6.76. The molecule has 0 spiro atoms. The first kappa shape index (κ1) is 14.3. The summed E-state index contributed by atoms with van der Waals surface area (Å²) in [5, 5.41) is 8.71. The van der Waals surface area contributed by atoms with Gasteiger partial charge in [0.05, 0.1) is 0 Å². The van der Waals surface area contributed by atoms with E-state index in [4.69, 9.17) is 5.11 Å². The van der Waals surface area contributed by atoms with Crippen molar-refractivity contribution < 1.29 is 14.7 Å². The van der Waals surface area contributed by atoms with E-state index < -0.39 is 5.97 Å². The highest BCUT2D eigenvalue weighted by Crippen LogP contribution is 2.21. The summed E-state index contributed by atoms with van der Waals surface area (Å²) in [5.41, 5.74) is -0.00771. The lowest BCUT2D eigenvalue weighted by Crippen LogP contribution is -2.40. The van der Waals surface area contributed by atoms with Crippen LogP contribution in [-0.4, -0.2) is 40.0 Å². The summed E-state index contributed by atoms with van der Waals surface area (Å²) in [6.45, 7) is 1.21. The number of rotatable bonds is 4. The van der Waals surface area contributed by atoms with Crippen LogP contribution in [0.4, 0.5) is 0 Å². The minimum Gasteiger partial charge on any atom is -0.481 e. The number of hydrogen-bond acceptors (Lipinski definition) is 3. The van der Waals surface area contributed by atoms with Crippen molar-refractivity contribution in [3.8, 4) is 0 Å². The molecule has 1 fully saturated rings. The standard InChI is InChI=1S/C14H18N2O4/c17-12-5-1-4-11(15-12)14(20)16-8-2-3-10(9-16)6-7-13(18)19/h1,4-5,10H,2-3,6-9H2,(H,15,17)(H,18,19). The van der Waals surface area contributed by atoms with Gasteiger partial charge in [0.2, 0.25) is 5.56 Å². The Kier molecular flexibility index (Phi) is 4.55. The number of nitrogens with one attached hydrogen (secondary N) is 1. The van der Waals surface area contributed by atoms with Crippen LogP contribution < -0.4 is 5.56 Å². The summed E-state index contributed by atoms with van der Waals surface area (Å²) in [4.78, 5) is 38.3. The van der Waals surface area contributed by atoms with Crippen molar-refractivity contribution in [2.75, 3.05) is 13.1 Å². The van der Waals surface area contributed by atoms with Crippen LogP contribution in [0, 0.1) is 5.92 Å². The molecule has 0 radical (unpaired) electrons. The first-order valence-corrected chi connectivity index (χ1v) is 6.76. The maximum atomic E-state index is 12.3. The fraction of sp³-hybridized carbons (Fsp3) is 0.500. The van der Waals surface area contributed by atoms with Gasteiger partial charge in [0.1, 0.15) is 5.69 Å². The number of aliphatic carboxylic acids is 1. The van der Waals surface area contributed by atoms with Gasteiger partial charge in [-0.15, -0.1) is 0 Å². The van der Waals surface area contributed by atoms with Crippen LogP contribution in [-0.2, 0) is 4.79 Å². The van der Waals surface area contributed by atoms with Gasteiger partial charge < -0.3 is 15.0 Å². The third kappa shape index (κ3) is 3.69. The summed E-state index contributed by atoms with van der Waals surface area (Å²) >= 11 is 0. The molecule has 108 valence electrons. The van der Waals surface area contributed by atoms with Gasteiger partial charge in [-0.1, -0.05) is 6.07 Å². The average Bonchev–Trinajstić information content (AvgIpc) is 2.44. The Morgan fingerprint density at radius 1 is 1.40 bits per heavy atom. The number of H-pyrrole nitrogens is 1. The second-order valence-corrected chi connectivity index (χ2v) is 5.12. The lowest BCUT2D eigenvalue weighted by molar-refractivity contribution is -0.137. The number of carbonyl (C=O) groups excluding carboxylic acids is 1. The van der Waals surface area contributed by atoms with Gasteiger partial charge in [-0.25, -0.2) is 0 Å². The molecular formula is C14H18N2O4. The van der Waals surface area contributed by atoms with E-state index in [1.54, 1.807) is 17.0 Å². The zero-order valence-electron chi connectivity index (χ0n) is 11.2. The van der Waals surface area contributed by atoms with Crippen LogP contribution in [0.2, 0.25) is 0 Å². The maximum Gasteiger partial charge on any atom is 0.303 e. The smallest absolute Gasteiger partial charge is 0.303 e. The number of carboxylic acids is 1. The molecule has 0 aliphatic carbocycles. The van der Waals surface area contributed by atoms with Gasteiger partial charge in [0.15, 0.2) is 0 Å². The van der Waals surface area contributed by atoms with E-state index in [1.807, 2.05) is 0 Å². The highest BCUT2D eigenvalue weighted by atomic mass is 16.4. The molecule has 1 amide bonds. The summed E-state index contributed by atoms with van der Waals surface area (Å²) < 4.78 is 0. The van der Waals surface area contributed by atoms with Crippen molar-refractivity contribution in [2.45, 2.75) is 25.7 Å². The molecule has 1 unspecified atom stereocenters. The molecule has 1 aromatic heterocycles. The van der Waals surface area contributed by atoms with E-state index in [0.717, 1.165) is 12.8 Å². The molecule has 0 aromatic carbocycles. The highest BCUT2D eigenvalue weighted by molar-refractivity contribution is 5.92. The lowest BCUT2D eigenvalue weighted by atomic mass is 9.93. The number of pyridine rings is 1. The van der Waals surface area contributed by atoms with Crippen molar-refractivity contribution in [1.29, 1.82) is 0 Å². The van der Waals surface area contributed by atoms with Crippen LogP contribution in [0.15, 0.2) is 23.0 Å². The molecule has 1 aliphatic rings. The predicted octanol–water partition coefficient (Wildman–Crippen LogP) is 1.09. The highest BCUT2D eigenvalue weighted by Gasteiger charge is 2.25. The molecule has 6 nitrogen and oxygen atoms in total. The number of aromatic nitrogens is 1. The van der Waals surface area contributed by atoms with Gasteiger partial charge in [0, 0.05) is 25.6 Å². The molecule has 1 aromatic rings. The number of carbonyl (C=O) groups is 2. The lowest BCUT2D eigenvalue weighted by Gasteiger charge is -2.32. The molecule has 0 bridgehead atoms. The summed E-state index contributed by atoms with van der Waals surface area (Å²) in [7, 11) is 0. The first-order chi connectivity index (χ1) is 9.56. The molecule has 0 saturated carbocycles. The Labute approximate surface area is 116 Å². The quantitative estimate of drug-likeness (QED) is 0.862. The van der Waals surface area contributed by atoms with E-state index in [9.17, 15) is 14.4 Å². The Morgan fingerprint density at radius 3 is 2.90 bits per heavy atom. The summed E-state index contributed by atoms with van der Waals surface area (Å²) in [5.74, 6) is -0.775. The number of amides is 1. The number of piperidine rings is 1. The molecule has 1 saturated heterocycles. The Hall–Kier alpha value is -2.11. The van der Waals surface area contributed by atoms with Gasteiger partial charge in [0.25, 0.3) is 5.91 Å². The van der Waals surface area contributed by atoms with Crippen LogP contribution in [0.25, 0.3) is 0 Å². The second-order valence-electron chi connectivity index (χ2n) is 5.12. The van der Waals surface area contributed by atoms with Crippen LogP contribution >= 0.6 is 0 Å². The summed E-state index contributed by atoms with van der Waals surface area (Å²) in [6.07, 6.45) is 2.54. The van der Waals surface area contributed by atoms with E-state index in [-0.39, 0.29) is 29.5 Å². The molecular weight excluding hydrogens is 260 g/mol. The van der Waals surface area contributed by atoms with Crippen LogP contribution in [0.5, 0.6) is 0 Å². The number of hydrogen-bond donors (Lipinski definition) is 2. The topological polar surface area (TPSA) is 90.5 Å². The Morgan fingerprint density at radius 2 is 2.20 bits per heavy atom. The number of likely N-dealkylation sites (tertiary alicyclic amines) is 1. The van der Waals surface area contributed by atoms with E-state index in [1.165, 1.54) is 6.07 Å². The van der Waals surface area contributed by atoms with Crippen LogP contribution in [0.3, 0.4) is 0 Å². The second kappa shape index (κ2) is 6.36. The fourth-order valence-electron chi connectivity index (χ4n) is 2.56. The average molecular weight is 278 g/mol. The molecule has 1 aliphatic heterocycles. The van der Waals surface area contributed by atoms with E-state index >= 15 is 0 Å². The van der Waals surface area contributed by atoms with E-state index in [2.05, 4.69) is 4.98 Å². The van der Waals surface area contributed by atoms with Crippen molar-refractivity contribution in [3.63, 3.8) is 0 Å². The molecule has 2 rings (SSSR count). The molecule has 2 heterocycles. The largest absolute Gasteiger partial charge is 0.481 e. The van der Waals surface area contributed by atoms with Gasteiger partial charge in [-0.2, -0.15) is 0 Å². The normalized spacial score (nSPS) is 18.8. The van der Waals surface area contributed by atoms with Gasteiger partial charge in [-0.05, 0) is 31.2 Å².